The zero-order chi connectivity index (χ0) is 12.0. The molecular formula is C13H20ClNO. The largest absolute Gasteiger partial charge is 0.497 e. The third-order valence-corrected chi connectivity index (χ3v) is 2.74. The van der Waals surface area contributed by atoms with Crippen molar-refractivity contribution < 1.29 is 4.74 Å². The van der Waals surface area contributed by atoms with E-state index in [4.69, 9.17) is 16.3 Å². The Hall–Kier alpha value is -0.730. The Balaban J connectivity index is 2.42. The van der Waals surface area contributed by atoms with E-state index < -0.39 is 0 Å². The Morgan fingerprint density at radius 2 is 2.12 bits per heavy atom. The van der Waals surface area contributed by atoms with Gasteiger partial charge in [0.15, 0.2) is 0 Å². The van der Waals surface area contributed by atoms with Crippen molar-refractivity contribution in [3.63, 3.8) is 0 Å². The van der Waals surface area contributed by atoms with E-state index in [1.165, 1.54) is 5.56 Å². The van der Waals surface area contributed by atoms with Crippen LogP contribution in [0.4, 0.5) is 0 Å². The lowest BCUT2D eigenvalue weighted by molar-refractivity contribution is 0.414. The molecule has 0 aliphatic heterocycles. The SMILES string of the molecule is COc1ccc(CCNCC(C)C)c(Cl)c1. The van der Waals surface area contributed by atoms with Gasteiger partial charge in [0.1, 0.15) is 5.75 Å². The number of hydrogen-bond donors (Lipinski definition) is 1. The van der Waals surface area contributed by atoms with Gasteiger partial charge in [-0.1, -0.05) is 31.5 Å². The maximum absolute atomic E-state index is 6.14. The van der Waals surface area contributed by atoms with Crippen LogP contribution in [0.1, 0.15) is 19.4 Å². The third-order valence-electron chi connectivity index (χ3n) is 2.38. The van der Waals surface area contributed by atoms with Gasteiger partial charge < -0.3 is 10.1 Å². The second-order valence-electron chi connectivity index (χ2n) is 4.31. The fourth-order valence-corrected chi connectivity index (χ4v) is 1.74. The molecule has 0 fully saturated rings. The highest BCUT2D eigenvalue weighted by Gasteiger charge is 2.02. The van der Waals surface area contributed by atoms with E-state index >= 15 is 0 Å². The summed E-state index contributed by atoms with van der Waals surface area (Å²) in [7, 11) is 1.65. The van der Waals surface area contributed by atoms with Gasteiger partial charge in [0, 0.05) is 5.02 Å². The van der Waals surface area contributed by atoms with Gasteiger partial charge in [-0.05, 0) is 43.1 Å². The van der Waals surface area contributed by atoms with Crippen LogP contribution in [0.5, 0.6) is 5.75 Å². The zero-order valence-electron chi connectivity index (χ0n) is 10.2. The van der Waals surface area contributed by atoms with Crippen LogP contribution in [0, 0.1) is 5.92 Å². The lowest BCUT2D eigenvalue weighted by atomic mass is 10.1. The summed E-state index contributed by atoms with van der Waals surface area (Å²) < 4.78 is 5.11. The molecule has 2 nitrogen and oxygen atoms in total. The van der Waals surface area contributed by atoms with Crippen LogP contribution in [0.25, 0.3) is 0 Å². The van der Waals surface area contributed by atoms with Crippen LogP contribution in [-0.4, -0.2) is 20.2 Å². The van der Waals surface area contributed by atoms with Gasteiger partial charge in [-0.15, -0.1) is 0 Å². The summed E-state index contributed by atoms with van der Waals surface area (Å²) in [4.78, 5) is 0. The monoisotopic (exact) mass is 241 g/mol. The normalized spacial score (nSPS) is 10.8. The molecule has 0 saturated carbocycles. The van der Waals surface area contributed by atoms with E-state index in [-0.39, 0.29) is 0 Å². The molecule has 0 aliphatic carbocycles. The average molecular weight is 242 g/mol. The number of rotatable bonds is 6. The van der Waals surface area contributed by atoms with E-state index in [2.05, 4.69) is 19.2 Å². The Morgan fingerprint density at radius 3 is 2.69 bits per heavy atom. The topological polar surface area (TPSA) is 21.3 Å². The molecule has 0 aromatic heterocycles. The molecule has 1 rings (SSSR count). The number of methoxy groups -OCH3 is 1. The van der Waals surface area contributed by atoms with E-state index in [0.717, 1.165) is 30.3 Å². The van der Waals surface area contributed by atoms with E-state index in [0.29, 0.717) is 5.92 Å². The van der Waals surface area contributed by atoms with Crippen molar-refractivity contribution in [2.24, 2.45) is 5.92 Å². The van der Waals surface area contributed by atoms with Crippen LogP contribution in [-0.2, 0) is 6.42 Å². The summed E-state index contributed by atoms with van der Waals surface area (Å²) in [5.74, 6) is 1.50. The molecule has 0 aliphatic rings. The first-order chi connectivity index (χ1) is 7.63. The second-order valence-corrected chi connectivity index (χ2v) is 4.71. The minimum atomic E-state index is 0.686. The van der Waals surface area contributed by atoms with Gasteiger partial charge in [0.05, 0.1) is 7.11 Å². The second kappa shape index (κ2) is 6.77. The zero-order valence-corrected chi connectivity index (χ0v) is 11.0. The average Bonchev–Trinajstić information content (AvgIpc) is 2.25. The molecule has 0 unspecified atom stereocenters. The lowest BCUT2D eigenvalue weighted by Gasteiger charge is -2.09. The fraction of sp³-hybridized carbons (Fsp3) is 0.538. The predicted molar refractivity (Wildman–Crippen MR) is 69.4 cm³/mol. The molecule has 1 aromatic carbocycles. The maximum atomic E-state index is 6.14. The van der Waals surface area contributed by atoms with Crippen molar-refractivity contribution in [3.05, 3.63) is 28.8 Å². The molecule has 0 heterocycles. The van der Waals surface area contributed by atoms with Crippen molar-refractivity contribution >= 4 is 11.6 Å². The molecule has 0 atom stereocenters. The van der Waals surface area contributed by atoms with Crippen molar-refractivity contribution in [1.29, 1.82) is 0 Å². The number of benzene rings is 1. The van der Waals surface area contributed by atoms with E-state index in [9.17, 15) is 0 Å². The first-order valence-corrected chi connectivity index (χ1v) is 6.04. The first kappa shape index (κ1) is 13.3. The highest BCUT2D eigenvalue weighted by atomic mass is 35.5. The molecule has 1 aromatic rings. The Bertz CT molecular complexity index is 326. The summed E-state index contributed by atoms with van der Waals surface area (Å²) in [6.45, 7) is 6.42. The number of ether oxygens (including phenoxy) is 1. The highest BCUT2D eigenvalue weighted by Crippen LogP contribution is 2.22. The van der Waals surface area contributed by atoms with Gasteiger partial charge >= 0.3 is 0 Å². The summed E-state index contributed by atoms with van der Waals surface area (Å²) in [5, 5.41) is 4.18. The van der Waals surface area contributed by atoms with Gasteiger partial charge in [-0.2, -0.15) is 0 Å². The Kier molecular flexibility index (Phi) is 5.64. The molecule has 3 heteroatoms. The van der Waals surface area contributed by atoms with E-state index in [1.54, 1.807) is 7.11 Å². The minimum Gasteiger partial charge on any atom is -0.497 e. The summed E-state index contributed by atoms with van der Waals surface area (Å²) in [5.41, 5.74) is 1.17. The molecule has 0 amide bonds. The smallest absolute Gasteiger partial charge is 0.120 e. The molecule has 1 N–H and O–H groups in total. The van der Waals surface area contributed by atoms with Gasteiger partial charge in [0.25, 0.3) is 0 Å². The molecule has 16 heavy (non-hydrogen) atoms. The molecular weight excluding hydrogens is 222 g/mol. The standard InChI is InChI=1S/C13H20ClNO/c1-10(2)9-15-7-6-11-4-5-12(16-3)8-13(11)14/h4-5,8,10,15H,6-7,9H2,1-3H3. The van der Waals surface area contributed by atoms with Crippen LogP contribution in [0.3, 0.4) is 0 Å². The number of halogens is 1. The summed E-state index contributed by atoms with van der Waals surface area (Å²) in [6.07, 6.45) is 0.954. The van der Waals surface area contributed by atoms with Crippen molar-refractivity contribution in [1.82, 2.24) is 5.32 Å². The van der Waals surface area contributed by atoms with Crippen molar-refractivity contribution in [2.45, 2.75) is 20.3 Å². The fourth-order valence-electron chi connectivity index (χ4n) is 1.47. The van der Waals surface area contributed by atoms with Crippen LogP contribution in [0.2, 0.25) is 5.02 Å². The molecule has 0 bridgehead atoms. The lowest BCUT2D eigenvalue weighted by Crippen LogP contribution is -2.22. The van der Waals surface area contributed by atoms with Crippen molar-refractivity contribution in [3.8, 4) is 5.75 Å². The van der Waals surface area contributed by atoms with Crippen molar-refractivity contribution in [2.75, 3.05) is 20.2 Å². The van der Waals surface area contributed by atoms with Crippen LogP contribution < -0.4 is 10.1 Å². The Labute approximate surface area is 103 Å². The first-order valence-electron chi connectivity index (χ1n) is 5.66. The maximum Gasteiger partial charge on any atom is 0.120 e. The van der Waals surface area contributed by atoms with Crippen LogP contribution >= 0.6 is 11.6 Å². The van der Waals surface area contributed by atoms with Gasteiger partial charge in [0.2, 0.25) is 0 Å². The summed E-state index contributed by atoms with van der Waals surface area (Å²) in [6, 6.07) is 5.83. The van der Waals surface area contributed by atoms with E-state index in [1.807, 2.05) is 18.2 Å². The highest BCUT2D eigenvalue weighted by molar-refractivity contribution is 6.31. The van der Waals surface area contributed by atoms with Gasteiger partial charge in [-0.25, -0.2) is 0 Å². The Morgan fingerprint density at radius 1 is 1.38 bits per heavy atom. The summed E-state index contributed by atoms with van der Waals surface area (Å²) >= 11 is 6.14. The minimum absolute atomic E-state index is 0.686. The molecule has 90 valence electrons. The third kappa shape index (κ3) is 4.42. The number of hydrogen-bond acceptors (Lipinski definition) is 2. The molecule has 0 saturated heterocycles. The van der Waals surface area contributed by atoms with Crippen LogP contribution in [0.15, 0.2) is 18.2 Å². The van der Waals surface area contributed by atoms with Gasteiger partial charge in [-0.3, -0.25) is 0 Å². The molecule has 0 radical (unpaired) electrons. The predicted octanol–water partition coefficient (Wildman–Crippen LogP) is 3.14. The molecule has 0 spiro atoms. The quantitative estimate of drug-likeness (QED) is 0.773. The number of nitrogens with one attached hydrogen (secondary N) is 1.